The van der Waals surface area contributed by atoms with Gasteiger partial charge in [0.15, 0.2) is 0 Å². The first-order valence-electron chi connectivity index (χ1n) is 4.66. The molecule has 0 saturated carbocycles. The minimum atomic E-state index is 0.635. The molecular formula is C11H12ClN3. The van der Waals surface area contributed by atoms with Gasteiger partial charge in [0.25, 0.3) is 0 Å². The topological polar surface area (TPSA) is 54.7 Å². The molecule has 3 nitrogen and oxygen atoms in total. The first-order chi connectivity index (χ1) is 7.08. The summed E-state index contributed by atoms with van der Waals surface area (Å²) in [6.45, 7) is 3.94. The maximum absolute atomic E-state index is 5.87. The van der Waals surface area contributed by atoms with E-state index in [1.54, 1.807) is 12.1 Å². The Morgan fingerprint density at radius 3 is 2.60 bits per heavy atom. The van der Waals surface area contributed by atoms with Crippen molar-refractivity contribution >= 4 is 17.3 Å². The second-order valence-corrected chi connectivity index (χ2v) is 3.96. The van der Waals surface area contributed by atoms with Gasteiger partial charge in [-0.15, -0.1) is 0 Å². The van der Waals surface area contributed by atoms with Crippen molar-refractivity contribution in [2.75, 3.05) is 5.73 Å². The van der Waals surface area contributed by atoms with Crippen LogP contribution in [-0.2, 0) is 0 Å². The van der Waals surface area contributed by atoms with Gasteiger partial charge in [-0.25, -0.2) is 4.98 Å². The van der Waals surface area contributed by atoms with Gasteiger partial charge in [0.2, 0.25) is 0 Å². The molecule has 4 heteroatoms. The summed E-state index contributed by atoms with van der Waals surface area (Å²) >= 11 is 5.83. The number of H-pyrrole nitrogens is 1. The third kappa shape index (κ3) is 1.83. The largest absolute Gasteiger partial charge is 0.398 e. The number of aryl methyl sites for hydroxylation is 2. The van der Waals surface area contributed by atoms with Gasteiger partial charge in [-0.2, -0.15) is 0 Å². The maximum Gasteiger partial charge on any atom is 0.139 e. The van der Waals surface area contributed by atoms with Gasteiger partial charge < -0.3 is 10.7 Å². The second-order valence-electron chi connectivity index (χ2n) is 3.53. The van der Waals surface area contributed by atoms with Crippen molar-refractivity contribution in [3.63, 3.8) is 0 Å². The predicted molar refractivity (Wildman–Crippen MR) is 62.9 cm³/mol. The van der Waals surface area contributed by atoms with Crippen LogP contribution in [0.2, 0.25) is 5.02 Å². The molecule has 0 unspecified atom stereocenters. The number of nitrogens with zero attached hydrogens (tertiary/aromatic N) is 1. The molecule has 1 aromatic carbocycles. The number of nitrogens with one attached hydrogen (secondary N) is 1. The average Bonchev–Trinajstić information content (AvgIpc) is 2.46. The van der Waals surface area contributed by atoms with E-state index in [4.69, 9.17) is 17.3 Å². The van der Waals surface area contributed by atoms with Crippen molar-refractivity contribution in [1.29, 1.82) is 0 Å². The van der Waals surface area contributed by atoms with E-state index >= 15 is 0 Å². The molecule has 2 rings (SSSR count). The quantitative estimate of drug-likeness (QED) is 0.728. The van der Waals surface area contributed by atoms with Crippen LogP contribution in [0.3, 0.4) is 0 Å². The first-order valence-corrected chi connectivity index (χ1v) is 5.04. The number of hydrogen-bond acceptors (Lipinski definition) is 2. The Morgan fingerprint density at radius 2 is 2.07 bits per heavy atom. The van der Waals surface area contributed by atoms with Gasteiger partial charge in [-0.3, -0.25) is 0 Å². The summed E-state index contributed by atoms with van der Waals surface area (Å²) in [5.74, 6) is 0.791. The van der Waals surface area contributed by atoms with Gasteiger partial charge >= 0.3 is 0 Å². The van der Waals surface area contributed by atoms with E-state index in [0.29, 0.717) is 10.7 Å². The molecule has 0 aliphatic carbocycles. The Balaban J connectivity index is 2.54. The molecule has 0 atom stereocenters. The molecule has 0 bridgehead atoms. The van der Waals surface area contributed by atoms with Crippen molar-refractivity contribution < 1.29 is 0 Å². The summed E-state index contributed by atoms with van der Waals surface area (Å²) in [6.07, 6.45) is 0. The Labute approximate surface area is 93.3 Å². The number of aromatic nitrogens is 2. The lowest BCUT2D eigenvalue weighted by Crippen LogP contribution is -1.91. The van der Waals surface area contributed by atoms with Gasteiger partial charge in [0.1, 0.15) is 5.82 Å². The van der Waals surface area contributed by atoms with E-state index in [1.165, 1.54) is 0 Å². The zero-order valence-corrected chi connectivity index (χ0v) is 9.39. The SMILES string of the molecule is Cc1nc(-c2ccc(Cl)cc2N)[nH]c1C. The molecule has 0 fully saturated rings. The van der Waals surface area contributed by atoms with Crippen LogP contribution < -0.4 is 5.73 Å². The lowest BCUT2D eigenvalue weighted by Gasteiger charge is -2.02. The Bertz CT molecular complexity index is 483. The van der Waals surface area contributed by atoms with Crippen LogP contribution in [0.15, 0.2) is 18.2 Å². The van der Waals surface area contributed by atoms with Crippen LogP contribution in [0.5, 0.6) is 0 Å². The number of benzene rings is 1. The lowest BCUT2D eigenvalue weighted by molar-refractivity contribution is 1.22. The lowest BCUT2D eigenvalue weighted by atomic mass is 10.2. The highest BCUT2D eigenvalue weighted by molar-refractivity contribution is 6.31. The highest BCUT2D eigenvalue weighted by atomic mass is 35.5. The number of anilines is 1. The number of nitrogen functional groups attached to an aromatic ring is 1. The molecule has 1 heterocycles. The van der Waals surface area contributed by atoms with Gasteiger partial charge in [0, 0.05) is 22.0 Å². The number of nitrogens with two attached hydrogens (primary N) is 1. The minimum absolute atomic E-state index is 0.635. The molecule has 0 aliphatic heterocycles. The molecule has 3 N–H and O–H groups in total. The minimum Gasteiger partial charge on any atom is -0.398 e. The van der Waals surface area contributed by atoms with Crippen LogP contribution >= 0.6 is 11.6 Å². The summed E-state index contributed by atoms with van der Waals surface area (Å²) < 4.78 is 0. The number of rotatable bonds is 1. The molecule has 78 valence electrons. The predicted octanol–water partition coefficient (Wildman–Crippen LogP) is 2.93. The summed E-state index contributed by atoms with van der Waals surface area (Å²) in [5, 5.41) is 0.635. The van der Waals surface area contributed by atoms with E-state index in [1.807, 2.05) is 19.9 Å². The zero-order valence-electron chi connectivity index (χ0n) is 8.63. The molecule has 0 amide bonds. The monoisotopic (exact) mass is 221 g/mol. The third-order valence-corrected chi connectivity index (χ3v) is 2.63. The summed E-state index contributed by atoms with van der Waals surface area (Å²) in [5.41, 5.74) is 9.43. The Morgan fingerprint density at radius 1 is 1.33 bits per heavy atom. The van der Waals surface area contributed by atoms with Crippen LogP contribution in [0.4, 0.5) is 5.69 Å². The van der Waals surface area contributed by atoms with Crippen LogP contribution in [0, 0.1) is 13.8 Å². The van der Waals surface area contributed by atoms with E-state index in [9.17, 15) is 0 Å². The van der Waals surface area contributed by atoms with E-state index in [0.717, 1.165) is 22.8 Å². The standard InChI is InChI=1S/C11H12ClN3/c1-6-7(2)15-11(14-6)9-4-3-8(12)5-10(9)13/h3-5H,13H2,1-2H3,(H,14,15). The van der Waals surface area contributed by atoms with Crippen LogP contribution in [-0.4, -0.2) is 9.97 Å². The van der Waals surface area contributed by atoms with E-state index in [-0.39, 0.29) is 0 Å². The normalized spacial score (nSPS) is 10.6. The average molecular weight is 222 g/mol. The molecule has 0 radical (unpaired) electrons. The fraction of sp³-hybridized carbons (Fsp3) is 0.182. The van der Waals surface area contributed by atoms with Gasteiger partial charge in [0.05, 0.1) is 5.69 Å². The zero-order chi connectivity index (χ0) is 11.0. The van der Waals surface area contributed by atoms with Crippen molar-refractivity contribution in [2.45, 2.75) is 13.8 Å². The van der Waals surface area contributed by atoms with Gasteiger partial charge in [-0.1, -0.05) is 11.6 Å². The first kappa shape index (κ1) is 10.1. The molecular weight excluding hydrogens is 210 g/mol. The van der Waals surface area contributed by atoms with E-state index in [2.05, 4.69) is 9.97 Å². The summed E-state index contributed by atoms with van der Waals surface area (Å²) in [4.78, 5) is 7.58. The number of halogens is 1. The summed E-state index contributed by atoms with van der Waals surface area (Å²) in [6, 6.07) is 5.40. The molecule has 1 aromatic heterocycles. The molecule has 0 saturated heterocycles. The third-order valence-electron chi connectivity index (χ3n) is 2.40. The van der Waals surface area contributed by atoms with Crippen molar-refractivity contribution in [3.05, 3.63) is 34.6 Å². The highest BCUT2D eigenvalue weighted by Gasteiger charge is 2.08. The van der Waals surface area contributed by atoms with E-state index < -0.39 is 0 Å². The number of aromatic amines is 1. The number of imidazole rings is 1. The van der Waals surface area contributed by atoms with Crippen molar-refractivity contribution in [1.82, 2.24) is 9.97 Å². The molecule has 15 heavy (non-hydrogen) atoms. The molecule has 0 aliphatic rings. The summed E-state index contributed by atoms with van der Waals surface area (Å²) in [7, 11) is 0. The maximum atomic E-state index is 5.87. The molecule has 2 aromatic rings. The van der Waals surface area contributed by atoms with Crippen molar-refractivity contribution in [3.8, 4) is 11.4 Å². The number of hydrogen-bond donors (Lipinski definition) is 2. The Hall–Kier alpha value is -1.48. The van der Waals surface area contributed by atoms with Crippen LogP contribution in [0.1, 0.15) is 11.4 Å². The fourth-order valence-corrected chi connectivity index (χ4v) is 1.60. The second kappa shape index (κ2) is 3.59. The molecule has 0 spiro atoms. The fourth-order valence-electron chi connectivity index (χ4n) is 1.42. The van der Waals surface area contributed by atoms with Crippen LogP contribution in [0.25, 0.3) is 11.4 Å². The van der Waals surface area contributed by atoms with Crippen molar-refractivity contribution in [2.24, 2.45) is 0 Å². The highest BCUT2D eigenvalue weighted by Crippen LogP contribution is 2.26. The Kier molecular flexibility index (Phi) is 2.40. The smallest absolute Gasteiger partial charge is 0.139 e. The van der Waals surface area contributed by atoms with Gasteiger partial charge in [-0.05, 0) is 32.0 Å².